The van der Waals surface area contributed by atoms with Crippen LogP contribution < -0.4 is 20.3 Å². The van der Waals surface area contributed by atoms with Crippen molar-refractivity contribution in [3.63, 3.8) is 0 Å². The molecule has 0 radical (unpaired) electrons. The molecule has 0 heterocycles. The van der Waals surface area contributed by atoms with E-state index in [-0.39, 0.29) is 12.3 Å². The maximum absolute atomic E-state index is 12.1. The summed E-state index contributed by atoms with van der Waals surface area (Å²) in [5.74, 6) is 0.350. The van der Waals surface area contributed by atoms with Gasteiger partial charge in [0, 0.05) is 12.0 Å². The summed E-state index contributed by atoms with van der Waals surface area (Å²) in [5, 5.41) is 0. The first-order valence-corrected chi connectivity index (χ1v) is 8.08. The normalized spacial score (nSPS) is 10.0. The lowest BCUT2D eigenvalue weighted by Gasteiger charge is -2.11. The van der Waals surface area contributed by atoms with Crippen molar-refractivity contribution < 1.29 is 19.1 Å². The van der Waals surface area contributed by atoms with Crippen LogP contribution in [0.25, 0.3) is 0 Å². The van der Waals surface area contributed by atoms with Crippen molar-refractivity contribution in [3.8, 4) is 11.5 Å². The summed E-state index contributed by atoms with van der Waals surface area (Å²) in [6.07, 6.45) is 0.899. The van der Waals surface area contributed by atoms with Gasteiger partial charge in [-0.25, -0.2) is 0 Å². The molecule has 2 aromatic carbocycles. The monoisotopic (exact) mass is 342 g/mol. The minimum absolute atomic E-state index is 0.255. The molecule has 0 aliphatic carbocycles. The summed E-state index contributed by atoms with van der Waals surface area (Å²) in [6, 6.07) is 14.5. The van der Waals surface area contributed by atoms with E-state index >= 15 is 0 Å². The van der Waals surface area contributed by atoms with E-state index in [1.54, 1.807) is 18.2 Å². The summed E-state index contributed by atoms with van der Waals surface area (Å²) in [5.41, 5.74) is 6.25. The van der Waals surface area contributed by atoms with Crippen molar-refractivity contribution in [2.24, 2.45) is 0 Å². The smallest absolute Gasteiger partial charge is 0.269 e. The fourth-order valence-electron chi connectivity index (χ4n) is 2.25. The van der Waals surface area contributed by atoms with E-state index < -0.39 is 5.91 Å². The molecule has 0 spiro atoms. The molecule has 0 fully saturated rings. The van der Waals surface area contributed by atoms with Gasteiger partial charge in [0.2, 0.25) is 5.91 Å². The van der Waals surface area contributed by atoms with Crippen LogP contribution in [0.3, 0.4) is 0 Å². The average Bonchev–Trinajstić information content (AvgIpc) is 2.65. The highest BCUT2D eigenvalue weighted by Crippen LogP contribution is 2.27. The standard InChI is InChI=1S/C19H22N2O4/c1-3-25-16-11-10-15(13-17(16)24-2)19(23)21-20-18(22)12-9-14-7-5-4-6-8-14/h4-8,10-11,13H,3,9,12H2,1-2H3,(H,20,22)(H,21,23). The molecule has 2 N–H and O–H groups in total. The highest BCUT2D eigenvalue weighted by atomic mass is 16.5. The van der Waals surface area contributed by atoms with Crippen molar-refractivity contribution in [1.29, 1.82) is 0 Å². The molecule has 6 nitrogen and oxygen atoms in total. The topological polar surface area (TPSA) is 76.7 Å². The Labute approximate surface area is 147 Å². The van der Waals surface area contributed by atoms with Gasteiger partial charge in [0.1, 0.15) is 0 Å². The summed E-state index contributed by atoms with van der Waals surface area (Å²) in [6.45, 7) is 2.37. The van der Waals surface area contributed by atoms with Crippen molar-refractivity contribution >= 4 is 11.8 Å². The average molecular weight is 342 g/mol. The second-order valence-corrected chi connectivity index (χ2v) is 5.29. The molecule has 25 heavy (non-hydrogen) atoms. The van der Waals surface area contributed by atoms with Crippen molar-refractivity contribution in [2.75, 3.05) is 13.7 Å². The number of aryl methyl sites for hydroxylation is 1. The van der Waals surface area contributed by atoms with Gasteiger partial charge >= 0.3 is 0 Å². The van der Waals surface area contributed by atoms with E-state index in [0.29, 0.717) is 30.1 Å². The van der Waals surface area contributed by atoms with Crippen LogP contribution in [0, 0.1) is 0 Å². The summed E-state index contributed by atoms with van der Waals surface area (Å²) in [4.78, 5) is 24.0. The molecule has 0 aromatic heterocycles. The molecule has 0 unspecified atom stereocenters. The van der Waals surface area contributed by atoms with Crippen molar-refractivity contribution in [3.05, 3.63) is 59.7 Å². The number of ether oxygens (including phenoxy) is 2. The van der Waals surface area contributed by atoms with Crippen LogP contribution in [-0.2, 0) is 11.2 Å². The Morgan fingerprint density at radius 2 is 1.76 bits per heavy atom. The Kier molecular flexibility index (Phi) is 6.83. The molecule has 0 aliphatic rings. The molecule has 0 atom stereocenters. The number of rotatable bonds is 7. The van der Waals surface area contributed by atoms with Crippen LogP contribution in [0.15, 0.2) is 48.5 Å². The Balaban J connectivity index is 1.86. The predicted molar refractivity (Wildman–Crippen MR) is 94.5 cm³/mol. The lowest BCUT2D eigenvalue weighted by atomic mass is 10.1. The highest BCUT2D eigenvalue weighted by molar-refractivity contribution is 5.96. The molecule has 2 amide bonds. The van der Waals surface area contributed by atoms with Crippen LogP contribution in [-0.4, -0.2) is 25.5 Å². The van der Waals surface area contributed by atoms with Gasteiger partial charge < -0.3 is 9.47 Å². The number of hydrogen-bond donors (Lipinski definition) is 2. The zero-order chi connectivity index (χ0) is 18.1. The number of carbonyl (C=O) groups excluding carboxylic acids is 2. The van der Waals surface area contributed by atoms with Crippen LogP contribution in [0.4, 0.5) is 0 Å². The van der Waals surface area contributed by atoms with Gasteiger partial charge in [0.15, 0.2) is 11.5 Å². The third-order valence-corrected chi connectivity index (χ3v) is 3.52. The lowest BCUT2D eigenvalue weighted by Crippen LogP contribution is -2.41. The molecule has 0 aliphatic heterocycles. The molecular formula is C19H22N2O4. The van der Waals surface area contributed by atoms with Crippen LogP contribution in [0.5, 0.6) is 11.5 Å². The molecule has 6 heteroatoms. The van der Waals surface area contributed by atoms with E-state index in [4.69, 9.17) is 9.47 Å². The predicted octanol–water partition coefficient (Wildman–Crippen LogP) is 2.49. The zero-order valence-corrected chi connectivity index (χ0v) is 14.4. The van der Waals surface area contributed by atoms with Crippen molar-refractivity contribution in [2.45, 2.75) is 19.8 Å². The quantitative estimate of drug-likeness (QED) is 0.758. The van der Waals surface area contributed by atoms with Gasteiger partial charge in [-0.2, -0.15) is 0 Å². The van der Waals surface area contributed by atoms with E-state index in [1.807, 2.05) is 37.3 Å². The maximum atomic E-state index is 12.1. The van der Waals surface area contributed by atoms with Crippen LogP contribution in [0.2, 0.25) is 0 Å². The Hall–Kier alpha value is -3.02. The minimum atomic E-state index is -0.422. The Morgan fingerprint density at radius 3 is 2.44 bits per heavy atom. The Morgan fingerprint density at radius 1 is 1.00 bits per heavy atom. The third-order valence-electron chi connectivity index (χ3n) is 3.52. The number of benzene rings is 2. The second-order valence-electron chi connectivity index (χ2n) is 5.29. The number of carbonyl (C=O) groups is 2. The molecule has 0 saturated carbocycles. The summed E-state index contributed by atoms with van der Waals surface area (Å²) >= 11 is 0. The minimum Gasteiger partial charge on any atom is -0.493 e. The number of methoxy groups -OCH3 is 1. The Bertz CT molecular complexity index is 717. The second kappa shape index (κ2) is 9.32. The SMILES string of the molecule is CCOc1ccc(C(=O)NNC(=O)CCc2ccccc2)cc1OC. The number of hydrazine groups is 1. The molecule has 0 saturated heterocycles. The largest absolute Gasteiger partial charge is 0.493 e. The lowest BCUT2D eigenvalue weighted by molar-refractivity contribution is -0.121. The summed E-state index contributed by atoms with van der Waals surface area (Å²) in [7, 11) is 1.50. The van der Waals surface area contributed by atoms with Gasteiger partial charge in [0.05, 0.1) is 13.7 Å². The van der Waals surface area contributed by atoms with Gasteiger partial charge in [0.25, 0.3) is 5.91 Å². The highest BCUT2D eigenvalue weighted by Gasteiger charge is 2.12. The van der Waals surface area contributed by atoms with E-state index in [2.05, 4.69) is 10.9 Å². The molecule has 0 bridgehead atoms. The first-order valence-electron chi connectivity index (χ1n) is 8.08. The number of hydrogen-bond acceptors (Lipinski definition) is 4. The molecular weight excluding hydrogens is 320 g/mol. The fourth-order valence-corrected chi connectivity index (χ4v) is 2.25. The van der Waals surface area contributed by atoms with E-state index in [9.17, 15) is 9.59 Å². The molecule has 2 aromatic rings. The third kappa shape index (κ3) is 5.53. The van der Waals surface area contributed by atoms with Gasteiger partial charge in [-0.05, 0) is 37.1 Å². The van der Waals surface area contributed by atoms with E-state index in [0.717, 1.165) is 5.56 Å². The maximum Gasteiger partial charge on any atom is 0.269 e. The van der Waals surface area contributed by atoms with Gasteiger partial charge in [-0.3, -0.25) is 20.4 Å². The molecule has 132 valence electrons. The number of amides is 2. The summed E-state index contributed by atoms with van der Waals surface area (Å²) < 4.78 is 10.6. The zero-order valence-electron chi connectivity index (χ0n) is 14.4. The van der Waals surface area contributed by atoms with Gasteiger partial charge in [-0.1, -0.05) is 30.3 Å². The fraction of sp³-hybridized carbons (Fsp3) is 0.263. The first kappa shape index (κ1) is 18.3. The first-order chi connectivity index (χ1) is 12.1. The molecule has 2 rings (SSSR count). The van der Waals surface area contributed by atoms with Crippen LogP contribution in [0.1, 0.15) is 29.3 Å². The van der Waals surface area contributed by atoms with Crippen LogP contribution >= 0.6 is 0 Å². The number of nitrogens with one attached hydrogen (secondary N) is 2. The van der Waals surface area contributed by atoms with E-state index in [1.165, 1.54) is 7.11 Å². The van der Waals surface area contributed by atoms with Crippen molar-refractivity contribution in [1.82, 2.24) is 10.9 Å². The van der Waals surface area contributed by atoms with Gasteiger partial charge in [-0.15, -0.1) is 0 Å².